The number of thiophene rings is 1. The Morgan fingerprint density at radius 3 is 2.27 bits per heavy atom. The molecule has 1 unspecified atom stereocenters. The second kappa shape index (κ2) is 8.82. The molecule has 0 radical (unpaired) electrons. The number of hydrogen-bond acceptors (Lipinski definition) is 8. The highest BCUT2D eigenvalue weighted by Crippen LogP contribution is 2.51. The van der Waals surface area contributed by atoms with E-state index in [1.54, 1.807) is 52.1 Å². The van der Waals surface area contributed by atoms with Gasteiger partial charge in [-0.15, -0.1) is 11.3 Å². The molecule has 2 atom stereocenters. The second-order valence-electron chi connectivity index (χ2n) is 8.16. The van der Waals surface area contributed by atoms with Crippen LogP contribution in [-0.2, 0) is 10.2 Å². The Balaban J connectivity index is 1.87. The number of amidine groups is 1. The molecule has 3 aromatic rings. The van der Waals surface area contributed by atoms with Gasteiger partial charge in [-0.2, -0.15) is 0 Å². The molecule has 2 aromatic heterocycles. The SMILES string of the molecule is COc1cc(C2C(=O)N(C)C(=N)C[C@]2(C)c2cc(-c3cncnc3)cs2)cc(OC)c1OC. The van der Waals surface area contributed by atoms with Crippen LogP contribution in [-0.4, -0.2) is 55.0 Å². The molecular weight excluding hydrogens is 440 g/mol. The molecule has 4 rings (SSSR count). The zero-order chi connectivity index (χ0) is 23.8. The van der Waals surface area contributed by atoms with Gasteiger partial charge in [0.25, 0.3) is 0 Å². The van der Waals surface area contributed by atoms with Crippen LogP contribution in [0.4, 0.5) is 0 Å². The van der Waals surface area contributed by atoms with Gasteiger partial charge < -0.3 is 19.1 Å². The lowest BCUT2D eigenvalue weighted by molar-refractivity contribution is -0.131. The summed E-state index contributed by atoms with van der Waals surface area (Å²) in [5.41, 5.74) is 1.99. The molecule has 8 nitrogen and oxygen atoms in total. The maximum Gasteiger partial charge on any atom is 0.236 e. The number of likely N-dealkylation sites (N-methyl/N-ethyl adjacent to an activating group) is 1. The van der Waals surface area contributed by atoms with Crippen molar-refractivity contribution < 1.29 is 19.0 Å². The zero-order valence-electron chi connectivity index (χ0n) is 19.2. The van der Waals surface area contributed by atoms with Crippen LogP contribution in [0.1, 0.15) is 29.7 Å². The molecule has 1 saturated heterocycles. The number of nitrogens with one attached hydrogen (secondary N) is 1. The second-order valence-corrected chi connectivity index (χ2v) is 9.07. The fourth-order valence-corrected chi connectivity index (χ4v) is 5.52. The molecule has 0 spiro atoms. The smallest absolute Gasteiger partial charge is 0.236 e. The summed E-state index contributed by atoms with van der Waals surface area (Å²) in [6, 6.07) is 5.72. The number of hydrogen-bond donors (Lipinski definition) is 1. The third kappa shape index (κ3) is 3.82. The van der Waals surface area contributed by atoms with Gasteiger partial charge in [0.1, 0.15) is 12.2 Å². The third-order valence-corrected chi connectivity index (χ3v) is 7.44. The number of piperidine rings is 1. The number of likely N-dealkylation sites (tertiary alicyclic amines) is 1. The first-order chi connectivity index (χ1) is 15.8. The van der Waals surface area contributed by atoms with Crippen LogP contribution in [0, 0.1) is 5.41 Å². The maximum atomic E-state index is 13.6. The number of aromatic nitrogens is 2. The Bertz CT molecular complexity index is 1170. The summed E-state index contributed by atoms with van der Waals surface area (Å²) in [5, 5.41) is 10.5. The van der Waals surface area contributed by atoms with Crippen LogP contribution < -0.4 is 14.2 Å². The number of nitrogens with zero attached hydrogens (tertiary/aromatic N) is 3. The van der Waals surface area contributed by atoms with E-state index >= 15 is 0 Å². The van der Waals surface area contributed by atoms with Gasteiger partial charge in [-0.25, -0.2) is 9.97 Å². The third-order valence-electron chi connectivity index (χ3n) is 6.23. The largest absolute Gasteiger partial charge is 0.493 e. The molecule has 1 aliphatic rings. The Morgan fingerprint density at radius 2 is 1.70 bits per heavy atom. The van der Waals surface area contributed by atoms with E-state index in [4.69, 9.17) is 19.6 Å². The van der Waals surface area contributed by atoms with Gasteiger partial charge in [0, 0.05) is 41.7 Å². The summed E-state index contributed by atoms with van der Waals surface area (Å²) < 4.78 is 16.6. The van der Waals surface area contributed by atoms with Crippen molar-refractivity contribution in [1.82, 2.24) is 14.9 Å². The topological polar surface area (TPSA) is 97.6 Å². The fraction of sp³-hybridized carbons (Fsp3) is 0.333. The molecule has 172 valence electrons. The van der Waals surface area contributed by atoms with E-state index in [-0.39, 0.29) is 11.7 Å². The van der Waals surface area contributed by atoms with Crippen molar-refractivity contribution in [3.05, 3.63) is 52.7 Å². The number of carbonyl (C=O) groups excluding carboxylic acids is 1. The van der Waals surface area contributed by atoms with Crippen LogP contribution in [0.2, 0.25) is 0 Å². The molecule has 1 amide bonds. The van der Waals surface area contributed by atoms with E-state index in [0.717, 1.165) is 21.6 Å². The Labute approximate surface area is 196 Å². The number of ether oxygens (including phenoxy) is 3. The lowest BCUT2D eigenvalue weighted by atomic mass is 9.67. The minimum atomic E-state index is -0.649. The fourth-order valence-electron chi connectivity index (χ4n) is 4.41. The number of rotatable bonds is 6. The molecule has 3 heterocycles. The average molecular weight is 467 g/mol. The molecule has 0 saturated carbocycles. The molecule has 0 aliphatic carbocycles. The van der Waals surface area contributed by atoms with Gasteiger partial charge in [0.2, 0.25) is 11.7 Å². The molecule has 0 bridgehead atoms. The van der Waals surface area contributed by atoms with Gasteiger partial charge in [-0.1, -0.05) is 6.92 Å². The summed E-state index contributed by atoms with van der Waals surface area (Å²) in [6.07, 6.45) is 5.43. The maximum absolute atomic E-state index is 13.6. The molecule has 1 aliphatic heterocycles. The summed E-state index contributed by atoms with van der Waals surface area (Å²) in [6.45, 7) is 2.04. The van der Waals surface area contributed by atoms with Crippen molar-refractivity contribution in [2.45, 2.75) is 24.7 Å². The minimum Gasteiger partial charge on any atom is -0.493 e. The van der Waals surface area contributed by atoms with Crippen molar-refractivity contribution in [3.63, 3.8) is 0 Å². The van der Waals surface area contributed by atoms with Crippen molar-refractivity contribution in [2.24, 2.45) is 0 Å². The van der Waals surface area contributed by atoms with E-state index in [9.17, 15) is 4.79 Å². The van der Waals surface area contributed by atoms with Crippen molar-refractivity contribution in [3.8, 4) is 28.4 Å². The first kappa shape index (κ1) is 22.7. The van der Waals surface area contributed by atoms with Crippen LogP contribution in [0.15, 0.2) is 42.3 Å². The van der Waals surface area contributed by atoms with Crippen LogP contribution in [0.3, 0.4) is 0 Å². The first-order valence-electron chi connectivity index (χ1n) is 10.3. The molecule has 1 aromatic carbocycles. The first-order valence-corrected chi connectivity index (χ1v) is 11.2. The predicted octanol–water partition coefficient (Wildman–Crippen LogP) is 4.11. The molecule has 33 heavy (non-hydrogen) atoms. The normalized spacial score (nSPS) is 20.6. The number of methoxy groups -OCH3 is 3. The lowest BCUT2D eigenvalue weighted by Gasteiger charge is -2.44. The van der Waals surface area contributed by atoms with Crippen molar-refractivity contribution in [2.75, 3.05) is 28.4 Å². The van der Waals surface area contributed by atoms with Crippen molar-refractivity contribution >= 4 is 23.1 Å². The highest BCUT2D eigenvalue weighted by atomic mass is 32.1. The highest BCUT2D eigenvalue weighted by molar-refractivity contribution is 7.10. The number of benzene rings is 1. The van der Waals surface area contributed by atoms with Crippen LogP contribution >= 0.6 is 11.3 Å². The van der Waals surface area contributed by atoms with Gasteiger partial charge in [-0.3, -0.25) is 10.2 Å². The van der Waals surface area contributed by atoms with Crippen LogP contribution in [0.25, 0.3) is 11.1 Å². The summed E-state index contributed by atoms with van der Waals surface area (Å²) in [5.74, 6) is 1.02. The zero-order valence-corrected chi connectivity index (χ0v) is 20.0. The standard InChI is InChI=1S/C24H26N4O4S/c1-24(19-8-15(12-33-19)16-10-26-13-27-11-16)9-20(25)28(2)23(29)21(24)14-6-17(30-3)22(32-5)18(7-14)31-4/h6-8,10-13,21,25H,9H2,1-5H3/t21?,24-/m1/s1. The minimum absolute atomic E-state index is 0.152. The molecular formula is C24H26N4O4S. The molecule has 9 heteroatoms. The van der Waals surface area contributed by atoms with Crippen molar-refractivity contribution in [1.29, 1.82) is 5.41 Å². The average Bonchev–Trinajstić information content (AvgIpc) is 3.34. The van der Waals surface area contributed by atoms with Gasteiger partial charge in [0.05, 0.1) is 27.2 Å². The number of amides is 1. The van der Waals surface area contributed by atoms with E-state index < -0.39 is 11.3 Å². The Kier molecular flexibility index (Phi) is 6.07. The number of carbonyl (C=O) groups is 1. The Morgan fingerprint density at radius 1 is 1.06 bits per heavy atom. The summed E-state index contributed by atoms with van der Waals surface area (Å²) in [4.78, 5) is 24.3. The van der Waals surface area contributed by atoms with E-state index in [1.165, 1.54) is 11.2 Å². The lowest BCUT2D eigenvalue weighted by Crippen LogP contribution is -2.51. The van der Waals surface area contributed by atoms with E-state index in [1.807, 2.05) is 24.4 Å². The monoisotopic (exact) mass is 466 g/mol. The highest BCUT2D eigenvalue weighted by Gasteiger charge is 2.49. The summed E-state index contributed by atoms with van der Waals surface area (Å²) >= 11 is 1.57. The van der Waals surface area contributed by atoms with Gasteiger partial charge in [0.15, 0.2) is 11.5 Å². The van der Waals surface area contributed by atoms with E-state index in [2.05, 4.69) is 16.0 Å². The van der Waals surface area contributed by atoms with E-state index in [0.29, 0.717) is 23.7 Å². The predicted molar refractivity (Wildman–Crippen MR) is 127 cm³/mol. The quantitative estimate of drug-likeness (QED) is 0.587. The van der Waals surface area contributed by atoms with Gasteiger partial charge >= 0.3 is 0 Å². The molecule has 1 N–H and O–H groups in total. The Hall–Kier alpha value is -3.46. The van der Waals surface area contributed by atoms with Crippen LogP contribution in [0.5, 0.6) is 17.2 Å². The molecule has 1 fully saturated rings. The summed E-state index contributed by atoms with van der Waals surface area (Å²) in [7, 11) is 6.30. The van der Waals surface area contributed by atoms with Gasteiger partial charge in [-0.05, 0) is 34.7 Å².